The van der Waals surface area contributed by atoms with E-state index in [9.17, 15) is 9.59 Å². The summed E-state index contributed by atoms with van der Waals surface area (Å²) in [6.45, 7) is 5.39. The Morgan fingerprint density at radius 3 is 2.07 bits per heavy atom. The molecule has 0 radical (unpaired) electrons. The number of nitrogens with zero attached hydrogens (tertiary/aromatic N) is 1. The van der Waals surface area contributed by atoms with Crippen molar-refractivity contribution in [2.24, 2.45) is 0 Å². The monoisotopic (exact) mass is 428 g/mol. The normalized spacial score (nSPS) is 10.4. The van der Waals surface area contributed by atoms with E-state index in [1.807, 2.05) is 12.1 Å². The molecule has 0 aliphatic heterocycles. The fourth-order valence-electron chi connectivity index (χ4n) is 2.45. The lowest BCUT2D eigenvalue weighted by atomic mass is 10.2. The molecule has 0 heterocycles. The van der Waals surface area contributed by atoms with Gasteiger partial charge < -0.3 is 15.0 Å². The van der Waals surface area contributed by atoms with Crippen LogP contribution in [-0.2, 0) is 9.53 Å². The summed E-state index contributed by atoms with van der Waals surface area (Å²) in [5.74, 6) is -1.15. The molecule has 0 aliphatic rings. The minimum absolute atomic E-state index is 0.194. The van der Waals surface area contributed by atoms with Gasteiger partial charge in [-0.15, -0.1) is 0 Å². The highest BCUT2D eigenvalue weighted by atomic mass is 35.5. The van der Waals surface area contributed by atoms with Crippen molar-refractivity contribution >= 4 is 58.1 Å². The summed E-state index contributed by atoms with van der Waals surface area (Å²) in [6, 6.07) is 9.93. The van der Waals surface area contributed by atoms with Crippen molar-refractivity contribution in [3.63, 3.8) is 0 Å². The van der Waals surface area contributed by atoms with Crippen LogP contribution in [0.4, 0.5) is 11.4 Å². The van der Waals surface area contributed by atoms with Crippen LogP contribution in [0.3, 0.4) is 0 Å². The van der Waals surface area contributed by atoms with Gasteiger partial charge >= 0.3 is 5.97 Å². The van der Waals surface area contributed by atoms with E-state index in [1.54, 1.807) is 12.1 Å². The molecule has 2 aromatic carbocycles. The van der Waals surface area contributed by atoms with Gasteiger partial charge in [0.1, 0.15) is 0 Å². The Morgan fingerprint density at radius 1 is 1.00 bits per heavy atom. The Kier molecular flexibility index (Phi) is 7.78. The molecular formula is C19H19Cl3N2O3. The topological polar surface area (TPSA) is 58.6 Å². The van der Waals surface area contributed by atoms with Gasteiger partial charge in [0.05, 0.1) is 21.3 Å². The van der Waals surface area contributed by atoms with E-state index in [2.05, 4.69) is 24.1 Å². The minimum Gasteiger partial charge on any atom is -0.452 e. The molecule has 0 spiro atoms. The van der Waals surface area contributed by atoms with Crippen molar-refractivity contribution in [3.05, 3.63) is 57.0 Å². The predicted molar refractivity (Wildman–Crippen MR) is 110 cm³/mol. The van der Waals surface area contributed by atoms with Crippen LogP contribution in [0.25, 0.3) is 0 Å². The molecular weight excluding hydrogens is 411 g/mol. The van der Waals surface area contributed by atoms with Crippen LogP contribution < -0.4 is 10.2 Å². The first-order chi connectivity index (χ1) is 12.8. The number of benzene rings is 2. The largest absolute Gasteiger partial charge is 0.452 e. The number of nitrogens with one attached hydrogen (secondary N) is 1. The molecule has 1 amide bonds. The van der Waals surface area contributed by atoms with Gasteiger partial charge in [-0.1, -0.05) is 34.8 Å². The highest BCUT2D eigenvalue weighted by molar-refractivity contribution is 6.42. The summed E-state index contributed by atoms with van der Waals surface area (Å²) in [5, 5.41) is 3.24. The van der Waals surface area contributed by atoms with Crippen LogP contribution in [-0.4, -0.2) is 31.6 Å². The summed E-state index contributed by atoms with van der Waals surface area (Å²) in [5.41, 5.74) is 1.59. The number of esters is 1. The van der Waals surface area contributed by atoms with E-state index in [4.69, 9.17) is 39.5 Å². The lowest BCUT2D eigenvalue weighted by Crippen LogP contribution is -2.22. The number of ether oxygens (including phenoxy) is 1. The van der Waals surface area contributed by atoms with Crippen molar-refractivity contribution in [3.8, 4) is 0 Å². The number of hydrogen-bond acceptors (Lipinski definition) is 4. The van der Waals surface area contributed by atoms with Gasteiger partial charge in [-0.05, 0) is 50.2 Å². The van der Waals surface area contributed by atoms with Gasteiger partial charge in [0.2, 0.25) is 0 Å². The number of amides is 1. The molecule has 0 unspecified atom stereocenters. The molecule has 2 aromatic rings. The Morgan fingerprint density at radius 2 is 1.56 bits per heavy atom. The number of anilines is 2. The lowest BCUT2D eigenvalue weighted by Gasteiger charge is -2.20. The summed E-state index contributed by atoms with van der Waals surface area (Å²) >= 11 is 17.8. The first-order valence-electron chi connectivity index (χ1n) is 8.32. The first kappa shape index (κ1) is 21.4. The van der Waals surface area contributed by atoms with E-state index < -0.39 is 18.5 Å². The number of carbonyl (C=O) groups excluding carboxylic acids is 2. The van der Waals surface area contributed by atoms with Crippen LogP contribution in [0.5, 0.6) is 0 Å². The molecule has 0 aliphatic carbocycles. The molecule has 0 saturated heterocycles. The standard InChI is InChI=1S/C19H19Cl3N2O3/c1-3-24(4-2)14-7-5-12(6-8-14)19(26)27-11-17(25)23-18-15(21)9-13(20)10-16(18)22/h5-10H,3-4,11H2,1-2H3,(H,23,25). The molecule has 0 aromatic heterocycles. The van der Waals surface area contributed by atoms with Gasteiger partial charge in [0.15, 0.2) is 6.61 Å². The molecule has 0 saturated carbocycles. The maximum Gasteiger partial charge on any atom is 0.338 e. The number of rotatable bonds is 7. The second-order valence-corrected chi connectivity index (χ2v) is 6.84. The number of hydrogen-bond donors (Lipinski definition) is 1. The highest BCUT2D eigenvalue weighted by Crippen LogP contribution is 2.33. The van der Waals surface area contributed by atoms with Gasteiger partial charge in [-0.3, -0.25) is 4.79 Å². The van der Waals surface area contributed by atoms with Gasteiger partial charge in [-0.25, -0.2) is 4.79 Å². The average Bonchev–Trinajstić information content (AvgIpc) is 2.64. The molecule has 144 valence electrons. The quantitative estimate of drug-likeness (QED) is 0.608. The second-order valence-electron chi connectivity index (χ2n) is 5.59. The Hall–Kier alpha value is -1.95. The Bertz CT molecular complexity index is 798. The number of halogens is 3. The van der Waals surface area contributed by atoms with Crippen LogP contribution in [0.15, 0.2) is 36.4 Å². The molecule has 2 rings (SSSR count). The Balaban J connectivity index is 1.94. The van der Waals surface area contributed by atoms with Crippen LogP contribution in [0.2, 0.25) is 15.1 Å². The predicted octanol–water partition coefficient (Wildman–Crippen LogP) is 5.29. The SMILES string of the molecule is CCN(CC)c1ccc(C(=O)OCC(=O)Nc2c(Cl)cc(Cl)cc2Cl)cc1. The highest BCUT2D eigenvalue weighted by Gasteiger charge is 2.14. The van der Waals surface area contributed by atoms with E-state index in [0.717, 1.165) is 18.8 Å². The molecule has 1 N–H and O–H groups in total. The number of carbonyl (C=O) groups is 2. The van der Waals surface area contributed by atoms with Crippen molar-refractivity contribution in [2.75, 3.05) is 29.9 Å². The molecule has 5 nitrogen and oxygen atoms in total. The first-order valence-corrected chi connectivity index (χ1v) is 9.45. The fraction of sp³-hybridized carbons (Fsp3) is 0.263. The third kappa shape index (κ3) is 5.76. The maximum absolute atomic E-state index is 12.1. The zero-order valence-corrected chi connectivity index (χ0v) is 17.2. The van der Waals surface area contributed by atoms with E-state index in [1.165, 1.54) is 12.1 Å². The van der Waals surface area contributed by atoms with Crippen LogP contribution in [0.1, 0.15) is 24.2 Å². The summed E-state index contributed by atoms with van der Waals surface area (Å²) < 4.78 is 5.04. The van der Waals surface area contributed by atoms with Gasteiger partial charge in [0, 0.05) is 23.8 Å². The third-order valence-electron chi connectivity index (χ3n) is 3.84. The summed E-state index contributed by atoms with van der Waals surface area (Å²) in [7, 11) is 0. The zero-order valence-electron chi connectivity index (χ0n) is 14.9. The molecule has 0 bridgehead atoms. The molecule has 27 heavy (non-hydrogen) atoms. The van der Waals surface area contributed by atoms with Crippen LogP contribution in [0, 0.1) is 0 Å². The Labute approximate surface area is 173 Å². The summed E-state index contributed by atoms with van der Waals surface area (Å²) in [4.78, 5) is 26.3. The van der Waals surface area contributed by atoms with E-state index in [-0.39, 0.29) is 15.7 Å². The zero-order chi connectivity index (χ0) is 20.0. The lowest BCUT2D eigenvalue weighted by molar-refractivity contribution is -0.119. The molecule has 0 atom stereocenters. The minimum atomic E-state index is -0.593. The fourth-order valence-corrected chi connectivity index (χ4v) is 3.36. The van der Waals surface area contributed by atoms with Crippen molar-refractivity contribution in [2.45, 2.75) is 13.8 Å². The smallest absolute Gasteiger partial charge is 0.338 e. The summed E-state index contributed by atoms with van der Waals surface area (Å²) in [6.07, 6.45) is 0. The average molecular weight is 430 g/mol. The third-order valence-corrected chi connectivity index (χ3v) is 4.65. The second kappa shape index (κ2) is 9.83. The maximum atomic E-state index is 12.1. The van der Waals surface area contributed by atoms with E-state index in [0.29, 0.717) is 10.6 Å². The van der Waals surface area contributed by atoms with Crippen molar-refractivity contribution in [1.82, 2.24) is 0 Å². The van der Waals surface area contributed by atoms with Crippen LogP contribution >= 0.6 is 34.8 Å². The van der Waals surface area contributed by atoms with E-state index >= 15 is 0 Å². The van der Waals surface area contributed by atoms with Crippen molar-refractivity contribution < 1.29 is 14.3 Å². The van der Waals surface area contributed by atoms with Crippen molar-refractivity contribution in [1.29, 1.82) is 0 Å². The molecule has 8 heteroatoms. The van der Waals surface area contributed by atoms with Gasteiger partial charge in [-0.2, -0.15) is 0 Å². The van der Waals surface area contributed by atoms with Gasteiger partial charge in [0.25, 0.3) is 5.91 Å². The molecule has 0 fully saturated rings.